The molecule has 2 nitrogen and oxygen atoms in total. The Balaban J connectivity index is 2.91. The third-order valence-electron chi connectivity index (χ3n) is 1.64. The zero-order valence-corrected chi connectivity index (χ0v) is 8.06. The average Bonchev–Trinajstić information content (AvgIpc) is 2.09. The van der Waals surface area contributed by atoms with Gasteiger partial charge in [-0.2, -0.15) is 0 Å². The van der Waals surface area contributed by atoms with Gasteiger partial charge in [0.1, 0.15) is 10.9 Å². The molecule has 0 saturated heterocycles. The van der Waals surface area contributed by atoms with Crippen molar-refractivity contribution in [1.29, 1.82) is 0 Å². The molecular weight excluding hydrogens is 174 g/mol. The lowest BCUT2D eigenvalue weighted by molar-refractivity contribution is 0.412. The van der Waals surface area contributed by atoms with Gasteiger partial charge in [-0.25, -0.2) is 4.98 Å². The summed E-state index contributed by atoms with van der Waals surface area (Å²) in [6, 6.07) is 1.93. The van der Waals surface area contributed by atoms with E-state index in [2.05, 4.69) is 11.9 Å². The first kappa shape index (κ1) is 9.33. The molecule has 1 aromatic heterocycles. The number of nitrogens with zero attached hydrogens (tertiary/aromatic N) is 1. The Morgan fingerprint density at radius 3 is 2.92 bits per heavy atom. The Morgan fingerprint density at radius 2 is 2.33 bits per heavy atom. The van der Waals surface area contributed by atoms with Crippen LogP contribution in [0.4, 0.5) is 0 Å². The molecule has 0 saturated carbocycles. The van der Waals surface area contributed by atoms with Crippen LogP contribution in [0.3, 0.4) is 0 Å². The quantitative estimate of drug-likeness (QED) is 0.676. The van der Waals surface area contributed by atoms with Crippen molar-refractivity contribution in [3.63, 3.8) is 0 Å². The van der Waals surface area contributed by atoms with E-state index in [0.29, 0.717) is 5.15 Å². The second kappa shape index (κ2) is 4.31. The number of hydrogen-bond donors (Lipinski definition) is 0. The van der Waals surface area contributed by atoms with Crippen LogP contribution >= 0.6 is 11.6 Å². The summed E-state index contributed by atoms with van der Waals surface area (Å²) in [4.78, 5) is 4.01. The smallest absolute Gasteiger partial charge is 0.137 e. The van der Waals surface area contributed by atoms with Gasteiger partial charge in [-0.05, 0) is 18.1 Å². The van der Waals surface area contributed by atoms with Crippen LogP contribution in [0, 0.1) is 0 Å². The lowest BCUT2D eigenvalue weighted by atomic mass is 10.2. The van der Waals surface area contributed by atoms with Gasteiger partial charge in [0.2, 0.25) is 0 Å². The lowest BCUT2D eigenvalue weighted by Gasteiger charge is -2.04. The Morgan fingerprint density at radius 1 is 1.58 bits per heavy atom. The highest BCUT2D eigenvalue weighted by Crippen LogP contribution is 2.19. The number of aromatic nitrogens is 1. The van der Waals surface area contributed by atoms with Crippen LogP contribution in [0.15, 0.2) is 12.3 Å². The molecule has 1 rings (SSSR count). The van der Waals surface area contributed by atoms with Gasteiger partial charge < -0.3 is 4.74 Å². The zero-order chi connectivity index (χ0) is 8.97. The molecule has 0 N–H and O–H groups in total. The van der Waals surface area contributed by atoms with Crippen molar-refractivity contribution >= 4 is 11.6 Å². The van der Waals surface area contributed by atoms with Gasteiger partial charge in [0.05, 0.1) is 13.3 Å². The Kier molecular flexibility index (Phi) is 3.35. The van der Waals surface area contributed by atoms with Crippen molar-refractivity contribution < 1.29 is 4.74 Å². The van der Waals surface area contributed by atoms with E-state index in [4.69, 9.17) is 16.3 Å². The normalized spacial score (nSPS) is 9.92. The summed E-state index contributed by atoms with van der Waals surface area (Å²) in [7, 11) is 1.63. The minimum atomic E-state index is 0.581. The highest BCUT2D eigenvalue weighted by Gasteiger charge is 2.01. The molecule has 1 heterocycles. The Hall–Kier alpha value is -0.760. The van der Waals surface area contributed by atoms with Crippen molar-refractivity contribution in [2.45, 2.75) is 19.8 Å². The number of rotatable bonds is 3. The molecule has 0 fully saturated rings. The minimum Gasteiger partial charge on any atom is -0.495 e. The fourth-order valence-corrected chi connectivity index (χ4v) is 1.23. The van der Waals surface area contributed by atoms with E-state index in [9.17, 15) is 0 Å². The van der Waals surface area contributed by atoms with Gasteiger partial charge in [-0.3, -0.25) is 0 Å². The van der Waals surface area contributed by atoms with Crippen LogP contribution in [-0.4, -0.2) is 12.1 Å². The number of pyridine rings is 1. The monoisotopic (exact) mass is 185 g/mol. The first-order valence-corrected chi connectivity index (χ1v) is 4.34. The van der Waals surface area contributed by atoms with E-state index in [1.54, 1.807) is 13.3 Å². The maximum absolute atomic E-state index is 5.87. The van der Waals surface area contributed by atoms with Crippen LogP contribution in [-0.2, 0) is 6.42 Å². The van der Waals surface area contributed by atoms with E-state index in [1.807, 2.05) is 6.07 Å². The van der Waals surface area contributed by atoms with Crippen LogP contribution in [0.25, 0.3) is 0 Å². The number of ether oxygens (including phenoxy) is 1. The maximum Gasteiger partial charge on any atom is 0.137 e. The molecule has 1 aromatic rings. The van der Waals surface area contributed by atoms with Crippen molar-refractivity contribution in [3.8, 4) is 5.75 Å². The summed E-state index contributed by atoms with van der Waals surface area (Å²) in [5, 5.41) is 0.581. The van der Waals surface area contributed by atoms with Gasteiger partial charge in [0, 0.05) is 0 Å². The van der Waals surface area contributed by atoms with Gasteiger partial charge in [0.15, 0.2) is 0 Å². The molecule has 3 heteroatoms. The molecule has 0 spiro atoms. The third kappa shape index (κ3) is 2.11. The van der Waals surface area contributed by atoms with Crippen molar-refractivity contribution in [2.24, 2.45) is 0 Å². The van der Waals surface area contributed by atoms with Crippen molar-refractivity contribution in [3.05, 3.63) is 23.0 Å². The van der Waals surface area contributed by atoms with Gasteiger partial charge in [0.25, 0.3) is 0 Å². The fourth-order valence-electron chi connectivity index (χ4n) is 1.03. The number of methoxy groups -OCH3 is 1. The summed E-state index contributed by atoms with van der Waals surface area (Å²) in [5.41, 5.74) is 1.05. The molecule has 0 aliphatic heterocycles. The molecule has 0 aliphatic rings. The molecule has 0 aromatic carbocycles. The molecule has 66 valence electrons. The summed E-state index contributed by atoms with van der Waals surface area (Å²) < 4.78 is 5.04. The number of halogens is 1. The zero-order valence-electron chi connectivity index (χ0n) is 7.30. The second-order valence-electron chi connectivity index (χ2n) is 2.58. The molecule has 0 aliphatic carbocycles. The second-order valence-corrected chi connectivity index (χ2v) is 2.93. The summed E-state index contributed by atoms with van der Waals surface area (Å²) in [6.45, 7) is 2.11. The minimum absolute atomic E-state index is 0.581. The molecule has 0 atom stereocenters. The summed E-state index contributed by atoms with van der Waals surface area (Å²) >= 11 is 5.87. The van der Waals surface area contributed by atoms with Crippen molar-refractivity contribution in [2.75, 3.05) is 7.11 Å². The standard InChI is InChI=1S/C9H12ClNO/c1-3-4-7-5-8(12-2)6-11-9(7)10/h5-6H,3-4H2,1-2H3. The van der Waals surface area contributed by atoms with Gasteiger partial charge in [-0.1, -0.05) is 24.9 Å². The third-order valence-corrected chi connectivity index (χ3v) is 1.98. The van der Waals surface area contributed by atoms with Gasteiger partial charge in [-0.15, -0.1) is 0 Å². The lowest BCUT2D eigenvalue weighted by Crippen LogP contribution is -1.91. The van der Waals surface area contributed by atoms with E-state index in [0.717, 1.165) is 24.2 Å². The number of aryl methyl sites for hydroxylation is 1. The van der Waals surface area contributed by atoms with E-state index in [1.165, 1.54) is 0 Å². The topological polar surface area (TPSA) is 22.1 Å². The molecule has 0 bridgehead atoms. The van der Waals surface area contributed by atoms with Crippen LogP contribution in [0.5, 0.6) is 5.75 Å². The maximum atomic E-state index is 5.87. The Bertz CT molecular complexity index is 263. The van der Waals surface area contributed by atoms with Gasteiger partial charge >= 0.3 is 0 Å². The summed E-state index contributed by atoms with van der Waals surface area (Å²) in [5.74, 6) is 0.767. The predicted octanol–water partition coefficient (Wildman–Crippen LogP) is 2.70. The largest absolute Gasteiger partial charge is 0.495 e. The average molecular weight is 186 g/mol. The van der Waals surface area contributed by atoms with Crippen LogP contribution in [0.2, 0.25) is 5.15 Å². The molecule has 0 unspecified atom stereocenters. The van der Waals surface area contributed by atoms with E-state index < -0.39 is 0 Å². The van der Waals surface area contributed by atoms with Crippen LogP contribution < -0.4 is 4.74 Å². The summed E-state index contributed by atoms with van der Waals surface area (Å²) in [6.07, 6.45) is 3.64. The SMILES string of the molecule is CCCc1cc(OC)cnc1Cl. The van der Waals surface area contributed by atoms with E-state index in [-0.39, 0.29) is 0 Å². The highest BCUT2D eigenvalue weighted by atomic mass is 35.5. The molecule has 0 amide bonds. The first-order chi connectivity index (χ1) is 5.77. The predicted molar refractivity (Wildman–Crippen MR) is 49.8 cm³/mol. The molecule has 0 radical (unpaired) electrons. The highest BCUT2D eigenvalue weighted by molar-refractivity contribution is 6.30. The van der Waals surface area contributed by atoms with E-state index >= 15 is 0 Å². The number of hydrogen-bond acceptors (Lipinski definition) is 2. The molecule has 12 heavy (non-hydrogen) atoms. The Labute approximate surface area is 77.5 Å². The fraction of sp³-hybridized carbons (Fsp3) is 0.444. The molecular formula is C9H12ClNO. The van der Waals surface area contributed by atoms with Crippen LogP contribution in [0.1, 0.15) is 18.9 Å². The van der Waals surface area contributed by atoms with Crippen molar-refractivity contribution in [1.82, 2.24) is 4.98 Å². The first-order valence-electron chi connectivity index (χ1n) is 3.96.